The van der Waals surface area contributed by atoms with Crippen molar-refractivity contribution in [1.82, 2.24) is 0 Å². The minimum atomic E-state index is -0.797. The van der Waals surface area contributed by atoms with Crippen LogP contribution in [-0.4, -0.2) is 24.1 Å². The summed E-state index contributed by atoms with van der Waals surface area (Å²) in [6.45, 7) is 5.74. The molecule has 130 valence electrons. The van der Waals surface area contributed by atoms with Gasteiger partial charge in [-0.15, -0.1) is 0 Å². The first kappa shape index (κ1) is 19.8. The Kier molecular flexibility index (Phi) is 9.10. The van der Waals surface area contributed by atoms with Gasteiger partial charge in [-0.3, -0.25) is 0 Å². The van der Waals surface area contributed by atoms with E-state index in [4.69, 9.17) is 14.5 Å². The normalized spacial score (nSPS) is 15.0. The Hall–Kier alpha value is -1.20. The first-order valence-corrected chi connectivity index (χ1v) is 8.29. The second-order valence-corrected chi connectivity index (χ2v) is 6.06. The second-order valence-electron chi connectivity index (χ2n) is 6.06. The third-order valence-corrected chi connectivity index (χ3v) is 3.61. The summed E-state index contributed by atoms with van der Waals surface area (Å²) in [5, 5.41) is 10.2. The van der Waals surface area contributed by atoms with Crippen molar-refractivity contribution in [2.75, 3.05) is 7.11 Å². The molecule has 0 fully saturated rings. The van der Waals surface area contributed by atoms with E-state index in [1.165, 1.54) is 0 Å². The summed E-state index contributed by atoms with van der Waals surface area (Å²) in [7, 11) is 1.57. The molecule has 0 aromatic heterocycles. The van der Waals surface area contributed by atoms with Crippen LogP contribution in [0.3, 0.4) is 0 Å². The number of benzene rings is 1. The molecule has 0 saturated heterocycles. The third kappa shape index (κ3) is 8.28. The van der Waals surface area contributed by atoms with E-state index in [1.807, 2.05) is 36.4 Å². The largest absolute Gasteiger partial charge is 0.384 e. The van der Waals surface area contributed by atoms with Gasteiger partial charge in [-0.2, -0.15) is 0 Å². The van der Waals surface area contributed by atoms with Gasteiger partial charge in [-0.05, 0) is 25.8 Å². The Balaban J connectivity index is 2.61. The standard InChI is InChI=1S/C19H30O4/c1-5-6-8-13-17(22-23-19(2,3)21-4)14-15-18(20)16-11-9-7-10-12-16/h7,9-12,14-15,17-18,20H,5-6,8,13H2,1-4H3/b15-14+/t17-,18+/m0/s1. The third-order valence-electron chi connectivity index (χ3n) is 3.61. The highest BCUT2D eigenvalue weighted by molar-refractivity contribution is 5.21. The van der Waals surface area contributed by atoms with Crippen LogP contribution in [0.1, 0.15) is 58.1 Å². The number of aliphatic hydroxyl groups excluding tert-OH is 1. The van der Waals surface area contributed by atoms with Crippen molar-refractivity contribution in [2.45, 2.75) is 64.4 Å². The number of hydrogen-bond acceptors (Lipinski definition) is 4. The summed E-state index contributed by atoms with van der Waals surface area (Å²) in [6, 6.07) is 9.54. The van der Waals surface area contributed by atoms with Crippen molar-refractivity contribution in [2.24, 2.45) is 0 Å². The van der Waals surface area contributed by atoms with Gasteiger partial charge in [-0.25, -0.2) is 9.78 Å². The monoisotopic (exact) mass is 322 g/mol. The molecule has 0 heterocycles. The molecule has 23 heavy (non-hydrogen) atoms. The number of methoxy groups -OCH3 is 1. The summed E-state index contributed by atoms with van der Waals surface area (Å²) >= 11 is 0. The Morgan fingerprint density at radius 3 is 2.43 bits per heavy atom. The molecular formula is C19H30O4. The van der Waals surface area contributed by atoms with Gasteiger partial charge in [0.1, 0.15) is 6.10 Å². The molecule has 1 rings (SSSR count). The summed E-state index contributed by atoms with van der Waals surface area (Å²) < 4.78 is 5.19. The molecule has 0 bridgehead atoms. The quantitative estimate of drug-likeness (QED) is 0.213. The van der Waals surface area contributed by atoms with E-state index in [0.29, 0.717) is 0 Å². The molecule has 0 unspecified atom stereocenters. The van der Waals surface area contributed by atoms with Crippen LogP contribution in [0.5, 0.6) is 0 Å². The van der Waals surface area contributed by atoms with Crippen LogP contribution in [0.2, 0.25) is 0 Å². The zero-order valence-corrected chi connectivity index (χ0v) is 14.7. The molecule has 0 saturated carbocycles. The molecule has 1 aromatic rings. The molecule has 0 radical (unpaired) electrons. The van der Waals surface area contributed by atoms with E-state index in [0.717, 1.165) is 31.2 Å². The first-order chi connectivity index (χ1) is 11.0. The van der Waals surface area contributed by atoms with Gasteiger partial charge in [0.25, 0.3) is 0 Å². The lowest BCUT2D eigenvalue weighted by atomic mass is 10.1. The molecule has 1 aromatic carbocycles. The topological polar surface area (TPSA) is 47.9 Å². The van der Waals surface area contributed by atoms with Crippen LogP contribution in [0, 0.1) is 0 Å². The summed E-state index contributed by atoms with van der Waals surface area (Å²) in [6.07, 6.45) is 6.91. The van der Waals surface area contributed by atoms with Crippen LogP contribution in [0.4, 0.5) is 0 Å². The lowest BCUT2D eigenvalue weighted by molar-refractivity contribution is -0.425. The van der Waals surface area contributed by atoms with E-state index in [1.54, 1.807) is 27.0 Å². The lowest BCUT2D eigenvalue weighted by Gasteiger charge is -2.24. The molecule has 0 aliphatic heterocycles. The lowest BCUT2D eigenvalue weighted by Crippen LogP contribution is -2.29. The van der Waals surface area contributed by atoms with Gasteiger partial charge >= 0.3 is 0 Å². The molecule has 0 spiro atoms. The van der Waals surface area contributed by atoms with E-state index in [9.17, 15) is 5.11 Å². The fourth-order valence-electron chi connectivity index (χ4n) is 1.97. The molecule has 0 amide bonds. The second kappa shape index (κ2) is 10.6. The van der Waals surface area contributed by atoms with Gasteiger partial charge in [0.15, 0.2) is 5.79 Å². The highest BCUT2D eigenvalue weighted by Gasteiger charge is 2.20. The first-order valence-electron chi connectivity index (χ1n) is 8.29. The minimum Gasteiger partial charge on any atom is -0.384 e. The number of rotatable bonds is 11. The number of ether oxygens (including phenoxy) is 1. The average Bonchev–Trinajstić information content (AvgIpc) is 2.57. The Bertz CT molecular complexity index is 442. The Morgan fingerprint density at radius 2 is 1.83 bits per heavy atom. The number of hydrogen-bond donors (Lipinski definition) is 1. The van der Waals surface area contributed by atoms with Crippen molar-refractivity contribution < 1.29 is 19.6 Å². The van der Waals surface area contributed by atoms with Crippen LogP contribution in [0.15, 0.2) is 42.5 Å². The molecule has 2 atom stereocenters. The average molecular weight is 322 g/mol. The zero-order chi connectivity index (χ0) is 17.1. The Morgan fingerprint density at radius 1 is 1.13 bits per heavy atom. The van der Waals surface area contributed by atoms with Gasteiger partial charge in [0.2, 0.25) is 0 Å². The molecule has 0 aliphatic carbocycles. The number of unbranched alkanes of at least 4 members (excludes halogenated alkanes) is 2. The Labute approximate surface area is 140 Å². The van der Waals surface area contributed by atoms with Crippen molar-refractivity contribution in [1.29, 1.82) is 0 Å². The van der Waals surface area contributed by atoms with E-state index in [2.05, 4.69) is 6.92 Å². The van der Waals surface area contributed by atoms with E-state index >= 15 is 0 Å². The van der Waals surface area contributed by atoms with Crippen LogP contribution in [0.25, 0.3) is 0 Å². The highest BCUT2D eigenvalue weighted by Crippen LogP contribution is 2.18. The van der Waals surface area contributed by atoms with Gasteiger partial charge < -0.3 is 9.84 Å². The van der Waals surface area contributed by atoms with E-state index < -0.39 is 11.9 Å². The van der Waals surface area contributed by atoms with Gasteiger partial charge in [0, 0.05) is 7.11 Å². The van der Waals surface area contributed by atoms with Crippen LogP contribution < -0.4 is 0 Å². The number of aliphatic hydroxyl groups is 1. The predicted octanol–water partition coefficient (Wildman–Crippen LogP) is 4.56. The smallest absolute Gasteiger partial charge is 0.195 e. The fourth-order valence-corrected chi connectivity index (χ4v) is 1.97. The summed E-state index contributed by atoms with van der Waals surface area (Å²) in [5.74, 6) is -0.797. The highest BCUT2D eigenvalue weighted by atomic mass is 17.2. The maximum absolute atomic E-state index is 10.2. The van der Waals surface area contributed by atoms with Crippen molar-refractivity contribution in [3.63, 3.8) is 0 Å². The van der Waals surface area contributed by atoms with Crippen molar-refractivity contribution in [3.05, 3.63) is 48.0 Å². The summed E-state index contributed by atoms with van der Waals surface area (Å²) in [5.41, 5.74) is 0.856. The molecule has 4 heteroatoms. The predicted molar refractivity (Wildman–Crippen MR) is 91.7 cm³/mol. The van der Waals surface area contributed by atoms with Crippen molar-refractivity contribution >= 4 is 0 Å². The van der Waals surface area contributed by atoms with Crippen LogP contribution in [-0.2, 0) is 14.5 Å². The van der Waals surface area contributed by atoms with Gasteiger partial charge in [-0.1, -0.05) is 68.7 Å². The van der Waals surface area contributed by atoms with Gasteiger partial charge in [0.05, 0.1) is 6.10 Å². The minimum absolute atomic E-state index is 0.214. The fraction of sp³-hybridized carbons (Fsp3) is 0.579. The van der Waals surface area contributed by atoms with E-state index in [-0.39, 0.29) is 6.10 Å². The SMILES string of the molecule is CCCCC[C@@H](/C=C/[C@@H](O)c1ccccc1)OOC(C)(C)OC. The summed E-state index contributed by atoms with van der Waals surface area (Å²) in [4.78, 5) is 10.9. The van der Waals surface area contributed by atoms with Crippen molar-refractivity contribution in [3.8, 4) is 0 Å². The maximum Gasteiger partial charge on any atom is 0.195 e. The molecule has 1 N–H and O–H groups in total. The molecular weight excluding hydrogens is 292 g/mol. The molecule has 4 nitrogen and oxygen atoms in total. The van der Waals surface area contributed by atoms with Crippen LogP contribution >= 0.6 is 0 Å². The molecule has 0 aliphatic rings. The zero-order valence-electron chi connectivity index (χ0n) is 14.7. The maximum atomic E-state index is 10.2.